The number of likely N-dealkylation sites (N-methyl/N-ethyl adjacent to an activating group) is 1. The first-order valence-corrected chi connectivity index (χ1v) is 5.57. The number of aromatic nitrogens is 1. The summed E-state index contributed by atoms with van der Waals surface area (Å²) in [5, 5.41) is 0. The van der Waals surface area contributed by atoms with Crippen molar-refractivity contribution in [1.29, 1.82) is 0 Å². The molecule has 0 unspecified atom stereocenters. The molecule has 0 aliphatic carbocycles. The second kappa shape index (κ2) is 5.90. The van der Waals surface area contributed by atoms with Crippen LogP contribution < -0.4 is 11.3 Å². The molecule has 18 heavy (non-hydrogen) atoms. The molecule has 1 aromatic heterocycles. The molecule has 0 amide bonds. The van der Waals surface area contributed by atoms with Gasteiger partial charge in [0.05, 0.1) is 6.54 Å². The molecule has 102 valence electrons. The summed E-state index contributed by atoms with van der Waals surface area (Å²) in [4.78, 5) is 12.7. The number of pyridine rings is 1. The third kappa shape index (κ3) is 4.79. The monoisotopic (exact) mass is 263 g/mol. The van der Waals surface area contributed by atoms with E-state index in [4.69, 9.17) is 5.73 Å². The molecule has 1 heterocycles. The highest BCUT2D eigenvalue weighted by Gasteiger charge is 2.29. The summed E-state index contributed by atoms with van der Waals surface area (Å²) in [6, 6.07) is 2.77. The fourth-order valence-corrected chi connectivity index (χ4v) is 1.58. The number of hydrogen-bond donors (Lipinski definition) is 1. The molecule has 0 saturated heterocycles. The first kappa shape index (κ1) is 14.6. The summed E-state index contributed by atoms with van der Waals surface area (Å²) in [5.74, 6) is 0. The van der Waals surface area contributed by atoms with Crippen LogP contribution in [0.1, 0.15) is 6.92 Å². The predicted octanol–water partition coefficient (Wildman–Crippen LogP) is 1.31. The summed E-state index contributed by atoms with van der Waals surface area (Å²) >= 11 is 0. The Hall–Kier alpha value is -1.50. The summed E-state index contributed by atoms with van der Waals surface area (Å²) in [6.45, 7) is 1.29. The van der Waals surface area contributed by atoms with E-state index in [0.29, 0.717) is 5.69 Å². The SMILES string of the molecule is CCN(CCn1cc(N)ccc1=O)CC(F)(F)F. The van der Waals surface area contributed by atoms with Crippen LogP contribution in [0.15, 0.2) is 23.1 Å². The first-order valence-electron chi connectivity index (χ1n) is 5.57. The van der Waals surface area contributed by atoms with E-state index < -0.39 is 12.7 Å². The van der Waals surface area contributed by atoms with Crippen LogP contribution in [0.25, 0.3) is 0 Å². The van der Waals surface area contributed by atoms with Gasteiger partial charge in [-0.25, -0.2) is 0 Å². The maximum absolute atomic E-state index is 12.2. The molecule has 0 aliphatic rings. The number of hydrogen-bond acceptors (Lipinski definition) is 3. The van der Waals surface area contributed by atoms with Crippen molar-refractivity contribution in [3.05, 3.63) is 28.7 Å². The zero-order chi connectivity index (χ0) is 13.8. The van der Waals surface area contributed by atoms with Crippen molar-refractivity contribution in [2.24, 2.45) is 0 Å². The molecule has 0 radical (unpaired) electrons. The first-order chi connectivity index (χ1) is 8.31. The fraction of sp³-hybridized carbons (Fsp3) is 0.545. The van der Waals surface area contributed by atoms with Crippen molar-refractivity contribution in [2.75, 3.05) is 25.4 Å². The molecule has 0 atom stereocenters. The van der Waals surface area contributed by atoms with E-state index in [-0.39, 0.29) is 25.2 Å². The minimum absolute atomic E-state index is 0.152. The molecule has 0 bridgehead atoms. The third-order valence-corrected chi connectivity index (χ3v) is 2.51. The Morgan fingerprint density at radius 3 is 2.61 bits per heavy atom. The van der Waals surface area contributed by atoms with Crippen molar-refractivity contribution in [3.8, 4) is 0 Å². The second-order valence-corrected chi connectivity index (χ2v) is 3.98. The van der Waals surface area contributed by atoms with Crippen LogP contribution in [0.4, 0.5) is 18.9 Å². The average molecular weight is 263 g/mol. The van der Waals surface area contributed by atoms with Crippen LogP contribution in [0.3, 0.4) is 0 Å². The minimum Gasteiger partial charge on any atom is -0.398 e. The fourth-order valence-electron chi connectivity index (χ4n) is 1.58. The molecular weight excluding hydrogens is 247 g/mol. The molecule has 4 nitrogen and oxygen atoms in total. The van der Waals surface area contributed by atoms with E-state index in [1.165, 1.54) is 27.8 Å². The number of alkyl halides is 3. The van der Waals surface area contributed by atoms with Gasteiger partial charge in [0.15, 0.2) is 0 Å². The highest BCUT2D eigenvalue weighted by atomic mass is 19.4. The third-order valence-electron chi connectivity index (χ3n) is 2.51. The predicted molar refractivity (Wildman–Crippen MR) is 63.3 cm³/mol. The lowest BCUT2D eigenvalue weighted by molar-refractivity contribution is -0.145. The number of nitrogens with zero attached hydrogens (tertiary/aromatic N) is 2. The maximum Gasteiger partial charge on any atom is 0.401 e. The molecule has 0 aliphatic heterocycles. The van der Waals surface area contributed by atoms with Gasteiger partial charge < -0.3 is 10.3 Å². The molecular formula is C11H16F3N3O. The zero-order valence-corrected chi connectivity index (χ0v) is 10.1. The van der Waals surface area contributed by atoms with Gasteiger partial charge in [0, 0.05) is 31.0 Å². The summed E-state index contributed by atoms with van der Waals surface area (Å²) in [6.07, 6.45) is -2.79. The van der Waals surface area contributed by atoms with E-state index in [1.54, 1.807) is 6.92 Å². The Morgan fingerprint density at radius 2 is 2.06 bits per heavy atom. The van der Waals surface area contributed by atoms with Crippen molar-refractivity contribution in [2.45, 2.75) is 19.6 Å². The highest BCUT2D eigenvalue weighted by molar-refractivity contribution is 5.33. The average Bonchev–Trinajstić information content (AvgIpc) is 2.27. The Balaban J connectivity index is 2.63. The van der Waals surface area contributed by atoms with Gasteiger partial charge in [-0.1, -0.05) is 6.92 Å². The Bertz CT molecular complexity index is 442. The number of anilines is 1. The normalized spacial score (nSPS) is 12.1. The lowest BCUT2D eigenvalue weighted by atomic mass is 10.4. The van der Waals surface area contributed by atoms with E-state index in [9.17, 15) is 18.0 Å². The van der Waals surface area contributed by atoms with Crippen LogP contribution in [-0.2, 0) is 6.54 Å². The smallest absolute Gasteiger partial charge is 0.398 e. The van der Waals surface area contributed by atoms with Crippen LogP contribution in [0, 0.1) is 0 Å². The van der Waals surface area contributed by atoms with E-state index in [1.807, 2.05) is 0 Å². The Kier molecular flexibility index (Phi) is 4.77. The van der Waals surface area contributed by atoms with Crippen molar-refractivity contribution in [1.82, 2.24) is 9.47 Å². The van der Waals surface area contributed by atoms with E-state index in [0.717, 1.165) is 0 Å². The van der Waals surface area contributed by atoms with E-state index in [2.05, 4.69) is 0 Å². The van der Waals surface area contributed by atoms with Gasteiger partial charge >= 0.3 is 6.18 Å². The number of rotatable bonds is 5. The molecule has 7 heteroatoms. The zero-order valence-electron chi connectivity index (χ0n) is 10.1. The molecule has 2 N–H and O–H groups in total. The molecule has 0 aromatic carbocycles. The van der Waals surface area contributed by atoms with Crippen molar-refractivity contribution >= 4 is 5.69 Å². The summed E-state index contributed by atoms with van der Waals surface area (Å²) < 4.78 is 38.0. The van der Waals surface area contributed by atoms with Crippen molar-refractivity contribution in [3.63, 3.8) is 0 Å². The van der Waals surface area contributed by atoms with Gasteiger partial charge in [0.1, 0.15) is 0 Å². The Morgan fingerprint density at radius 1 is 1.39 bits per heavy atom. The second-order valence-electron chi connectivity index (χ2n) is 3.98. The Labute approximate surface area is 103 Å². The van der Waals surface area contributed by atoms with Gasteiger partial charge in [-0.05, 0) is 12.6 Å². The lowest BCUT2D eigenvalue weighted by Crippen LogP contribution is -2.37. The quantitative estimate of drug-likeness (QED) is 0.871. The van der Waals surface area contributed by atoms with Gasteiger partial charge in [-0.3, -0.25) is 9.69 Å². The standard InChI is InChI=1S/C11H16F3N3O/c1-2-16(8-11(12,13)14)5-6-17-7-9(15)3-4-10(17)18/h3-4,7H,2,5-6,8,15H2,1H3. The minimum atomic E-state index is -4.23. The van der Waals surface area contributed by atoms with Crippen molar-refractivity contribution < 1.29 is 13.2 Å². The lowest BCUT2D eigenvalue weighted by Gasteiger charge is -2.22. The number of nitrogens with two attached hydrogens (primary N) is 1. The molecule has 0 saturated carbocycles. The number of halogens is 3. The highest BCUT2D eigenvalue weighted by Crippen LogP contribution is 2.16. The maximum atomic E-state index is 12.2. The summed E-state index contributed by atoms with van der Waals surface area (Å²) in [5.41, 5.74) is 5.65. The molecule has 0 spiro atoms. The van der Waals surface area contributed by atoms with Crippen LogP contribution in [0.2, 0.25) is 0 Å². The van der Waals surface area contributed by atoms with Crippen LogP contribution >= 0.6 is 0 Å². The topological polar surface area (TPSA) is 51.3 Å². The van der Waals surface area contributed by atoms with Gasteiger partial charge in [-0.2, -0.15) is 13.2 Å². The largest absolute Gasteiger partial charge is 0.401 e. The molecule has 1 rings (SSSR count). The molecule has 0 fully saturated rings. The van der Waals surface area contributed by atoms with E-state index >= 15 is 0 Å². The van der Waals surface area contributed by atoms with Gasteiger partial charge in [-0.15, -0.1) is 0 Å². The van der Waals surface area contributed by atoms with Crippen LogP contribution in [-0.4, -0.2) is 35.3 Å². The number of nitrogen functional groups attached to an aromatic ring is 1. The summed E-state index contributed by atoms with van der Waals surface area (Å²) in [7, 11) is 0. The van der Waals surface area contributed by atoms with Crippen LogP contribution in [0.5, 0.6) is 0 Å². The van der Waals surface area contributed by atoms with Gasteiger partial charge in [0.25, 0.3) is 5.56 Å². The molecule has 1 aromatic rings. The van der Waals surface area contributed by atoms with Gasteiger partial charge in [0.2, 0.25) is 0 Å².